The van der Waals surface area contributed by atoms with E-state index in [1.54, 1.807) is 42.5 Å². The first kappa shape index (κ1) is 21.9. The summed E-state index contributed by atoms with van der Waals surface area (Å²) in [4.78, 5) is 19.4. The van der Waals surface area contributed by atoms with Crippen molar-refractivity contribution in [3.05, 3.63) is 84.9 Å². The molecule has 2 aromatic carbocycles. The van der Waals surface area contributed by atoms with Gasteiger partial charge in [0.05, 0.1) is 12.8 Å². The Balaban J connectivity index is 1.56. The van der Waals surface area contributed by atoms with E-state index in [0.29, 0.717) is 41.5 Å². The second kappa shape index (κ2) is 8.14. The van der Waals surface area contributed by atoms with E-state index < -0.39 is 9.84 Å². The molecule has 0 spiro atoms. The molecule has 2 aromatic heterocycles. The summed E-state index contributed by atoms with van der Waals surface area (Å²) in [5.41, 5.74) is 2.83. The first-order valence-electron chi connectivity index (χ1n) is 10.5. The highest BCUT2D eigenvalue weighted by Gasteiger charge is 2.35. The topological polar surface area (TPSA) is 99.3 Å². The molecule has 0 unspecified atom stereocenters. The van der Waals surface area contributed by atoms with Crippen molar-refractivity contribution < 1.29 is 17.9 Å². The third-order valence-corrected chi connectivity index (χ3v) is 6.84. The highest BCUT2D eigenvalue weighted by atomic mass is 32.2. The molecule has 0 aliphatic carbocycles. The van der Waals surface area contributed by atoms with Gasteiger partial charge in [-0.2, -0.15) is 5.10 Å². The van der Waals surface area contributed by atoms with Gasteiger partial charge in [-0.25, -0.2) is 18.1 Å². The van der Waals surface area contributed by atoms with Gasteiger partial charge in [0.2, 0.25) is 0 Å². The number of hydrogen-bond donors (Lipinski definition) is 0. The third-order valence-electron chi connectivity index (χ3n) is 5.80. The Morgan fingerprint density at radius 3 is 2.24 bits per heavy atom. The fraction of sp³-hybridized carbons (Fsp3) is 0.167. The van der Waals surface area contributed by atoms with E-state index in [4.69, 9.17) is 4.74 Å². The maximum absolute atomic E-state index is 13.7. The average molecular weight is 477 g/mol. The van der Waals surface area contributed by atoms with Crippen LogP contribution in [0.1, 0.15) is 21.9 Å². The number of imidazole rings is 1. The van der Waals surface area contributed by atoms with Crippen LogP contribution in [0.4, 0.5) is 5.69 Å². The van der Waals surface area contributed by atoms with Crippen LogP contribution in [0.15, 0.2) is 66.0 Å². The van der Waals surface area contributed by atoms with E-state index >= 15 is 0 Å². The van der Waals surface area contributed by atoms with Gasteiger partial charge < -0.3 is 14.2 Å². The van der Waals surface area contributed by atoms with Crippen molar-refractivity contribution in [2.24, 2.45) is 0 Å². The summed E-state index contributed by atoms with van der Waals surface area (Å²) < 4.78 is 33.4. The normalized spacial score (nSPS) is 13.7. The lowest BCUT2D eigenvalue weighted by Crippen LogP contribution is -2.39. The molecule has 0 bridgehead atoms. The lowest BCUT2D eigenvalue weighted by molar-refractivity contribution is 0.0973. The highest BCUT2D eigenvalue weighted by Crippen LogP contribution is 2.31. The molecule has 1 amide bonds. The maximum atomic E-state index is 13.7. The fourth-order valence-corrected chi connectivity index (χ4v) is 5.02. The van der Waals surface area contributed by atoms with Crippen molar-refractivity contribution in [2.45, 2.75) is 11.4 Å². The number of carbonyl (C=O) groups excluding carboxylic acids is 1. The van der Waals surface area contributed by atoms with Gasteiger partial charge in [0.25, 0.3) is 5.91 Å². The van der Waals surface area contributed by atoms with Crippen LogP contribution in [0.2, 0.25) is 0 Å². The van der Waals surface area contributed by atoms with Crippen LogP contribution in [-0.4, -0.2) is 53.6 Å². The lowest BCUT2D eigenvalue weighted by atomic mass is 10.1. The van der Waals surface area contributed by atoms with E-state index in [0.717, 1.165) is 11.9 Å². The minimum absolute atomic E-state index is 0.0650. The SMILES string of the molecule is [CH2]c1nccn1-c1ccc(N2CCc3c(S(C)(=O)=O)nn(-c4ccc(OC)cc4)c3C2=O)cc1. The van der Waals surface area contributed by atoms with Crippen LogP contribution in [0.25, 0.3) is 11.4 Å². The van der Waals surface area contributed by atoms with Crippen LogP contribution in [0.3, 0.4) is 0 Å². The Labute approximate surface area is 197 Å². The predicted octanol–water partition coefficient (Wildman–Crippen LogP) is 2.86. The molecule has 173 valence electrons. The number of nitrogens with zero attached hydrogens (tertiary/aromatic N) is 5. The number of rotatable bonds is 5. The molecule has 0 N–H and O–H groups in total. The van der Waals surface area contributed by atoms with E-state index in [9.17, 15) is 13.2 Å². The Morgan fingerprint density at radius 1 is 1.00 bits per heavy atom. The minimum atomic E-state index is -3.63. The summed E-state index contributed by atoms with van der Waals surface area (Å²) in [6.07, 6.45) is 4.96. The molecule has 1 aliphatic rings. The molecule has 0 saturated carbocycles. The monoisotopic (exact) mass is 476 g/mol. The number of methoxy groups -OCH3 is 1. The van der Waals surface area contributed by atoms with E-state index in [-0.39, 0.29) is 16.6 Å². The molecule has 3 heterocycles. The number of sulfone groups is 1. The molecule has 0 saturated heterocycles. The largest absolute Gasteiger partial charge is 0.497 e. The zero-order valence-electron chi connectivity index (χ0n) is 18.7. The highest BCUT2D eigenvalue weighted by molar-refractivity contribution is 7.90. The first-order valence-corrected chi connectivity index (χ1v) is 12.4. The van der Waals surface area contributed by atoms with Gasteiger partial charge in [-0.15, -0.1) is 0 Å². The Kier molecular flexibility index (Phi) is 5.24. The number of aromatic nitrogens is 4. The van der Waals surface area contributed by atoms with Gasteiger partial charge in [-0.3, -0.25) is 4.79 Å². The van der Waals surface area contributed by atoms with E-state index in [2.05, 4.69) is 17.0 Å². The molecule has 9 nitrogen and oxygen atoms in total. The van der Waals surface area contributed by atoms with Crippen LogP contribution < -0.4 is 9.64 Å². The van der Waals surface area contributed by atoms with Crippen LogP contribution in [0.5, 0.6) is 5.75 Å². The van der Waals surface area contributed by atoms with Gasteiger partial charge >= 0.3 is 0 Å². The lowest BCUT2D eigenvalue weighted by Gasteiger charge is -2.28. The molecular weight excluding hydrogens is 454 g/mol. The molecule has 5 rings (SSSR count). The average Bonchev–Trinajstić information content (AvgIpc) is 3.44. The number of anilines is 1. The van der Waals surface area contributed by atoms with Crippen LogP contribution >= 0.6 is 0 Å². The minimum Gasteiger partial charge on any atom is -0.497 e. The number of hydrogen-bond acceptors (Lipinski definition) is 6. The maximum Gasteiger partial charge on any atom is 0.277 e. The van der Waals surface area contributed by atoms with E-state index in [1.807, 2.05) is 35.0 Å². The molecule has 0 fully saturated rings. The van der Waals surface area contributed by atoms with E-state index in [1.165, 1.54) is 4.68 Å². The predicted molar refractivity (Wildman–Crippen MR) is 127 cm³/mol. The van der Waals surface area contributed by atoms with Crippen molar-refractivity contribution in [3.8, 4) is 17.1 Å². The van der Waals surface area contributed by atoms with Gasteiger partial charge in [0, 0.05) is 49.1 Å². The second-order valence-corrected chi connectivity index (χ2v) is 9.88. The second-order valence-electron chi connectivity index (χ2n) is 7.95. The van der Waals surface area contributed by atoms with Crippen LogP contribution in [-0.2, 0) is 16.3 Å². The van der Waals surface area contributed by atoms with Crippen molar-refractivity contribution >= 4 is 21.4 Å². The van der Waals surface area contributed by atoms with Crippen molar-refractivity contribution in [1.82, 2.24) is 19.3 Å². The van der Waals surface area contributed by atoms with Crippen molar-refractivity contribution in [2.75, 3.05) is 24.8 Å². The summed E-state index contributed by atoms with van der Waals surface area (Å²) in [7, 11) is -2.07. The molecule has 1 aliphatic heterocycles. The smallest absolute Gasteiger partial charge is 0.277 e. The summed E-state index contributed by atoms with van der Waals surface area (Å²) in [6.45, 7) is 4.24. The van der Waals surface area contributed by atoms with Crippen molar-refractivity contribution in [3.63, 3.8) is 0 Å². The third kappa shape index (κ3) is 3.65. The molecule has 10 heteroatoms. The van der Waals surface area contributed by atoms with Crippen LogP contribution in [0, 0.1) is 6.92 Å². The summed E-state index contributed by atoms with van der Waals surface area (Å²) in [6, 6.07) is 14.4. The fourth-order valence-electron chi connectivity index (χ4n) is 4.15. The standard InChI is InChI=1S/C24H22N5O4S/c1-16-25-13-15-27(16)17-4-6-18(7-5-17)28-14-12-21-22(24(28)30)29(26-23(21)34(3,31)32)19-8-10-20(33-2)11-9-19/h4-11,13,15H,1,12,14H2,2-3H3. The first-order chi connectivity index (χ1) is 16.3. The molecule has 0 atom stereocenters. The van der Waals surface area contributed by atoms with Gasteiger partial charge in [-0.1, -0.05) is 0 Å². The number of carbonyl (C=O) groups is 1. The quantitative estimate of drug-likeness (QED) is 0.439. The van der Waals surface area contributed by atoms with Crippen molar-refractivity contribution in [1.29, 1.82) is 0 Å². The summed E-state index contributed by atoms with van der Waals surface area (Å²) in [5, 5.41) is 4.28. The van der Waals surface area contributed by atoms with Gasteiger partial charge in [0.15, 0.2) is 14.9 Å². The summed E-state index contributed by atoms with van der Waals surface area (Å²) in [5.74, 6) is 0.945. The number of ether oxygens (including phenoxy) is 1. The zero-order valence-corrected chi connectivity index (χ0v) is 19.5. The number of benzene rings is 2. The number of amides is 1. The van der Waals surface area contributed by atoms with Gasteiger partial charge in [-0.05, 0) is 55.0 Å². The Morgan fingerprint density at radius 2 is 1.65 bits per heavy atom. The molecule has 4 aromatic rings. The Bertz CT molecular complexity index is 1490. The zero-order chi connectivity index (χ0) is 24.0. The van der Waals surface area contributed by atoms with Gasteiger partial charge in [0.1, 0.15) is 17.3 Å². The summed E-state index contributed by atoms with van der Waals surface area (Å²) >= 11 is 0. The molecule has 34 heavy (non-hydrogen) atoms. The Hall–Kier alpha value is -3.92. The number of fused-ring (bicyclic) bond motifs is 1. The molecular formula is C24H22N5O4S. The molecule has 1 radical (unpaired) electrons.